The van der Waals surface area contributed by atoms with E-state index in [-0.39, 0.29) is 5.97 Å². The molecule has 0 atom stereocenters. The van der Waals surface area contributed by atoms with Crippen LogP contribution in [0, 0.1) is 0 Å². The van der Waals surface area contributed by atoms with Crippen molar-refractivity contribution in [3.05, 3.63) is 40.4 Å². The molecule has 1 heterocycles. The molecule has 0 bridgehead atoms. The topological polar surface area (TPSA) is 26.3 Å². The van der Waals surface area contributed by atoms with Gasteiger partial charge >= 0.3 is 5.97 Å². The Labute approximate surface area is 94.6 Å². The molecule has 2 rings (SSSR count). The van der Waals surface area contributed by atoms with Crippen LogP contribution in [-0.2, 0) is 4.74 Å². The zero-order valence-electron chi connectivity index (χ0n) is 7.09. The fourth-order valence-electron chi connectivity index (χ4n) is 1.33. The highest BCUT2D eigenvalue weighted by Gasteiger charge is 2.25. The third kappa shape index (κ3) is 1.57. The first-order valence-corrected chi connectivity index (χ1v) is 5.50. The molecule has 0 N–H and O–H groups in total. The third-order valence-corrected chi connectivity index (χ3v) is 2.49. The smallest absolute Gasteiger partial charge is 0.344 e. The van der Waals surface area contributed by atoms with Crippen LogP contribution in [0.15, 0.2) is 24.3 Å². The lowest BCUT2D eigenvalue weighted by atomic mass is 10.1. The second kappa shape index (κ2) is 3.75. The Balaban J connectivity index is 2.55. The molecule has 0 radical (unpaired) electrons. The number of alkyl halides is 1. The molecule has 72 valence electrons. The van der Waals surface area contributed by atoms with Gasteiger partial charge in [0.1, 0.15) is 5.76 Å². The summed E-state index contributed by atoms with van der Waals surface area (Å²) < 4.78 is 5.06. The highest BCUT2D eigenvalue weighted by molar-refractivity contribution is 9.09. The van der Waals surface area contributed by atoms with Gasteiger partial charge in [-0.25, -0.2) is 4.79 Å². The molecule has 1 aromatic rings. The Hall–Kier alpha value is -0.800. The lowest BCUT2D eigenvalue weighted by molar-refractivity contribution is 0.0715. The van der Waals surface area contributed by atoms with Crippen molar-refractivity contribution in [3.8, 4) is 0 Å². The average Bonchev–Trinajstić information content (AvgIpc) is 2.44. The molecule has 2 nitrogen and oxygen atoms in total. The summed E-state index contributed by atoms with van der Waals surface area (Å²) in [6, 6.07) is 5.15. The van der Waals surface area contributed by atoms with Gasteiger partial charge in [0.05, 0.1) is 5.56 Å². The van der Waals surface area contributed by atoms with Crippen molar-refractivity contribution in [1.29, 1.82) is 0 Å². The van der Waals surface area contributed by atoms with Crippen molar-refractivity contribution in [3.63, 3.8) is 0 Å². The van der Waals surface area contributed by atoms with Gasteiger partial charge in [-0.15, -0.1) is 0 Å². The number of carbonyl (C=O) groups excluding carboxylic acids is 1. The van der Waals surface area contributed by atoms with Gasteiger partial charge in [0, 0.05) is 15.9 Å². The van der Waals surface area contributed by atoms with E-state index >= 15 is 0 Å². The molecule has 4 heteroatoms. The summed E-state index contributed by atoms with van der Waals surface area (Å²) in [5.41, 5.74) is 1.34. The monoisotopic (exact) mass is 272 g/mol. The summed E-state index contributed by atoms with van der Waals surface area (Å²) >= 11 is 9.03. The summed E-state index contributed by atoms with van der Waals surface area (Å²) in [7, 11) is 0. The maximum Gasteiger partial charge on any atom is 0.344 e. The van der Waals surface area contributed by atoms with E-state index in [4.69, 9.17) is 16.3 Å². The third-order valence-electron chi connectivity index (χ3n) is 1.93. The van der Waals surface area contributed by atoms with Crippen LogP contribution in [0.1, 0.15) is 15.9 Å². The number of esters is 1. The minimum absolute atomic E-state index is 0.338. The van der Waals surface area contributed by atoms with E-state index in [0.29, 0.717) is 21.7 Å². The van der Waals surface area contributed by atoms with Crippen LogP contribution in [0.25, 0.3) is 5.76 Å². The Morgan fingerprint density at radius 2 is 2.21 bits per heavy atom. The predicted molar refractivity (Wildman–Crippen MR) is 58.6 cm³/mol. The first kappa shape index (κ1) is 9.74. The molecule has 0 aromatic heterocycles. The molecule has 0 aliphatic carbocycles. The lowest BCUT2D eigenvalue weighted by Gasteiger charge is -1.96. The van der Waals surface area contributed by atoms with E-state index in [1.165, 1.54) is 0 Å². The molecular formula is C10H6BrClO2. The maximum atomic E-state index is 11.4. The van der Waals surface area contributed by atoms with Gasteiger partial charge in [-0.2, -0.15) is 0 Å². The number of carbonyl (C=O) groups is 1. The maximum absolute atomic E-state index is 11.4. The van der Waals surface area contributed by atoms with Crippen LogP contribution in [0.3, 0.4) is 0 Å². The highest BCUT2D eigenvalue weighted by atomic mass is 79.9. The van der Waals surface area contributed by atoms with Gasteiger partial charge in [0.2, 0.25) is 0 Å². The lowest BCUT2D eigenvalue weighted by Crippen LogP contribution is -1.92. The van der Waals surface area contributed by atoms with E-state index in [0.717, 1.165) is 5.56 Å². The van der Waals surface area contributed by atoms with Gasteiger partial charge in [-0.3, -0.25) is 0 Å². The van der Waals surface area contributed by atoms with E-state index in [2.05, 4.69) is 15.9 Å². The highest BCUT2D eigenvalue weighted by Crippen LogP contribution is 2.31. The Morgan fingerprint density at radius 1 is 1.43 bits per heavy atom. The molecule has 0 fully saturated rings. The van der Waals surface area contributed by atoms with Gasteiger partial charge in [0.25, 0.3) is 0 Å². The minimum Gasteiger partial charge on any atom is -0.423 e. The quantitative estimate of drug-likeness (QED) is 0.580. The molecule has 0 amide bonds. The largest absolute Gasteiger partial charge is 0.423 e. The predicted octanol–water partition coefficient (Wildman–Crippen LogP) is 3.25. The van der Waals surface area contributed by atoms with E-state index in [9.17, 15) is 4.79 Å². The Bertz CT molecular complexity index is 426. The number of benzene rings is 1. The number of allylic oxidation sites excluding steroid dienone is 1. The van der Waals surface area contributed by atoms with Crippen molar-refractivity contribution >= 4 is 39.3 Å². The average molecular weight is 274 g/mol. The van der Waals surface area contributed by atoms with Crippen LogP contribution < -0.4 is 0 Å². The fourth-order valence-corrected chi connectivity index (χ4v) is 1.80. The number of ether oxygens (including phenoxy) is 1. The van der Waals surface area contributed by atoms with Gasteiger partial charge in [-0.1, -0.05) is 27.5 Å². The molecule has 0 saturated heterocycles. The molecule has 1 aliphatic heterocycles. The van der Waals surface area contributed by atoms with Crippen molar-refractivity contribution in [2.24, 2.45) is 0 Å². The van der Waals surface area contributed by atoms with Crippen molar-refractivity contribution in [2.75, 3.05) is 5.33 Å². The molecule has 1 aromatic carbocycles. The molecule has 0 spiro atoms. The number of cyclic esters (lactones) is 1. The first-order valence-electron chi connectivity index (χ1n) is 4.00. The Kier molecular flexibility index (Phi) is 2.61. The van der Waals surface area contributed by atoms with E-state index < -0.39 is 0 Å². The van der Waals surface area contributed by atoms with Crippen LogP contribution in [0.2, 0.25) is 5.02 Å². The molecule has 14 heavy (non-hydrogen) atoms. The number of hydrogen-bond acceptors (Lipinski definition) is 2. The minimum atomic E-state index is -0.338. The zero-order valence-corrected chi connectivity index (χ0v) is 9.43. The standard InChI is InChI=1S/C10H6BrClO2/c11-4-3-9-7-2-1-6(12)5-8(7)10(13)14-9/h1-3,5H,4H2. The Morgan fingerprint density at radius 3 is 2.93 bits per heavy atom. The van der Waals surface area contributed by atoms with Gasteiger partial charge in [0.15, 0.2) is 0 Å². The molecule has 0 saturated carbocycles. The summed E-state index contributed by atoms with van der Waals surface area (Å²) in [4.78, 5) is 11.4. The van der Waals surface area contributed by atoms with Crippen LogP contribution in [0.4, 0.5) is 0 Å². The van der Waals surface area contributed by atoms with Crippen molar-refractivity contribution in [2.45, 2.75) is 0 Å². The summed E-state index contributed by atoms with van der Waals surface area (Å²) in [6.07, 6.45) is 1.80. The SMILES string of the molecule is O=C1OC(=CCBr)c2ccc(Cl)cc21. The number of halogens is 2. The van der Waals surface area contributed by atoms with Crippen LogP contribution >= 0.6 is 27.5 Å². The molecule has 1 aliphatic rings. The van der Waals surface area contributed by atoms with E-state index in [1.54, 1.807) is 24.3 Å². The van der Waals surface area contributed by atoms with E-state index in [1.807, 2.05) is 0 Å². The second-order valence-corrected chi connectivity index (χ2v) is 3.89. The molecule has 0 unspecified atom stereocenters. The first-order chi connectivity index (χ1) is 6.72. The van der Waals surface area contributed by atoms with Gasteiger partial charge in [-0.05, 0) is 24.3 Å². The second-order valence-electron chi connectivity index (χ2n) is 2.80. The fraction of sp³-hybridized carbons (Fsp3) is 0.100. The van der Waals surface area contributed by atoms with Crippen LogP contribution in [-0.4, -0.2) is 11.3 Å². The van der Waals surface area contributed by atoms with Gasteiger partial charge < -0.3 is 4.74 Å². The molecular weight excluding hydrogens is 267 g/mol. The summed E-state index contributed by atoms with van der Waals surface area (Å²) in [5, 5.41) is 1.19. The number of fused-ring (bicyclic) bond motifs is 1. The summed E-state index contributed by atoms with van der Waals surface area (Å²) in [6.45, 7) is 0. The normalized spacial score (nSPS) is 17.0. The zero-order chi connectivity index (χ0) is 10.1. The number of rotatable bonds is 1. The van der Waals surface area contributed by atoms with Crippen LogP contribution in [0.5, 0.6) is 0 Å². The van der Waals surface area contributed by atoms with Crippen molar-refractivity contribution < 1.29 is 9.53 Å². The summed E-state index contributed by atoms with van der Waals surface area (Å²) in [5.74, 6) is 0.258. The number of hydrogen-bond donors (Lipinski definition) is 0. The van der Waals surface area contributed by atoms with Crippen molar-refractivity contribution in [1.82, 2.24) is 0 Å².